The molecule has 0 heterocycles. The van der Waals surface area contributed by atoms with Crippen LogP contribution < -0.4 is 11.3 Å². The summed E-state index contributed by atoms with van der Waals surface area (Å²) in [5, 5.41) is 0. The molecule has 0 aliphatic heterocycles. The van der Waals surface area contributed by atoms with Gasteiger partial charge >= 0.3 is 0 Å². The van der Waals surface area contributed by atoms with Gasteiger partial charge in [-0.25, -0.2) is 0 Å². The molecule has 2 rings (SSSR count). The summed E-state index contributed by atoms with van der Waals surface area (Å²) in [7, 11) is 0. The van der Waals surface area contributed by atoms with E-state index in [0.29, 0.717) is 5.92 Å². The Morgan fingerprint density at radius 3 is 2.00 bits per heavy atom. The van der Waals surface area contributed by atoms with Crippen LogP contribution in [0.1, 0.15) is 42.5 Å². The molecule has 0 fully saturated rings. The van der Waals surface area contributed by atoms with E-state index in [1.165, 1.54) is 11.1 Å². The fraction of sp³-hybridized carbons (Fsp3) is 0.294. The van der Waals surface area contributed by atoms with E-state index < -0.39 is 0 Å². The van der Waals surface area contributed by atoms with Crippen LogP contribution in [0, 0.1) is 0 Å². The predicted octanol–water partition coefficient (Wildman–Crippen LogP) is 5.08. The molecule has 112 valence electrons. The van der Waals surface area contributed by atoms with Gasteiger partial charge in [-0.3, -0.25) is 11.3 Å². The molecule has 0 radical (unpaired) electrons. The molecule has 21 heavy (non-hydrogen) atoms. The van der Waals surface area contributed by atoms with E-state index in [2.05, 4.69) is 87.5 Å². The molecule has 0 amide bonds. The SMILES string of the molecule is CC(C)c1ccc(CC(NN)c2cc(Br)cc(Br)c2)cc1. The molecular weight excluding hydrogens is 392 g/mol. The van der Waals surface area contributed by atoms with Crippen LogP contribution in [0.4, 0.5) is 0 Å². The quantitative estimate of drug-likeness (QED) is 0.531. The predicted molar refractivity (Wildman–Crippen MR) is 96.1 cm³/mol. The molecular formula is C17H20Br2N2. The van der Waals surface area contributed by atoms with Crippen LogP contribution in [0.15, 0.2) is 51.4 Å². The zero-order valence-corrected chi connectivity index (χ0v) is 15.4. The molecule has 0 spiro atoms. The van der Waals surface area contributed by atoms with Crippen molar-refractivity contribution < 1.29 is 0 Å². The van der Waals surface area contributed by atoms with Crippen molar-refractivity contribution in [1.29, 1.82) is 0 Å². The van der Waals surface area contributed by atoms with Crippen LogP contribution in [-0.2, 0) is 6.42 Å². The Morgan fingerprint density at radius 2 is 1.52 bits per heavy atom. The zero-order chi connectivity index (χ0) is 15.4. The van der Waals surface area contributed by atoms with Gasteiger partial charge in [0.15, 0.2) is 0 Å². The van der Waals surface area contributed by atoms with Gasteiger partial charge in [-0.1, -0.05) is 70.0 Å². The van der Waals surface area contributed by atoms with Crippen LogP contribution in [0.25, 0.3) is 0 Å². The van der Waals surface area contributed by atoms with E-state index >= 15 is 0 Å². The van der Waals surface area contributed by atoms with Crippen molar-refractivity contribution in [3.63, 3.8) is 0 Å². The Labute approximate surface area is 143 Å². The lowest BCUT2D eigenvalue weighted by atomic mass is 9.96. The van der Waals surface area contributed by atoms with Gasteiger partial charge in [-0.2, -0.15) is 0 Å². The number of rotatable bonds is 5. The maximum atomic E-state index is 5.75. The van der Waals surface area contributed by atoms with E-state index in [9.17, 15) is 0 Å². The summed E-state index contributed by atoms with van der Waals surface area (Å²) in [6.45, 7) is 4.41. The first-order chi connectivity index (χ1) is 9.99. The second-order valence-electron chi connectivity index (χ2n) is 5.52. The number of benzene rings is 2. The molecule has 4 heteroatoms. The van der Waals surface area contributed by atoms with Gasteiger partial charge in [-0.15, -0.1) is 0 Å². The minimum absolute atomic E-state index is 0.0868. The maximum absolute atomic E-state index is 5.75. The molecule has 1 atom stereocenters. The fourth-order valence-electron chi connectivity index (χ4n) is 2.32. The monoisotopic (exact) mass is 410 g/mol. The number of hydrogen-bond acceptors (Lipinski definition) is 2. The van der Waals surface area contributed by atoms with Gasteiger partial charge in [0.25, 0.3) is 0 Å². The Balaban J connectivity index is 2.18. The smallest absolute Gasteiger partial charge is 0.0501 e. The molecule has 0 bridgehead atoms. The van der Waals surface area contributed by atoms with Crippen LogP contribution in [0.5, 0.6) is 0 Å². The molecule has 0 saturated heterocycles. The van der Waals surface area contributed by atoms with Crippen molar-refractivity contribution in [2.75, 3.05) is 0 Å². The highest BCUT2D eigenvalue weighted by molar-refractivity contribution is 9.11. The molecule has 0 aliphatic carbocycles. The first-order valence-corrected chi connectivity index (χ1v) is 8.59. The van der Waals surface area contributed by atoms with Gasteiger partial charge in [0, 0.05) is 8.95 Å². The van der Waals surface area contributed by atoms with Crippen molar-refractivity contribution in [1.82, 2.24) is 5.43 Å². The summed E-state index contributed by atoms with van der Waals surface area (Å²) in [6.07, 6.45) is 0.859. The van der Waals surface area contributed by atoms with E-state index in [0.717, 1.165) is 20.9 Å². The molecule has 2 aromatic carbocycles. The Bertz CT molecular complexity index is 574. The average Bonchev–Trinajstić information content (AvgIpc) is 2.44. The van der Waals surface area contributed by atoms with E-state index in [-0.39, 0.29) is 6.04 Å². The van der Waals surface area contributed by atoms with Crippen LogP contribution in [0.2, 0.25) is 0 Å². The number of nitrogens with one attached hydrogen (secondary N) is 1. The molecule has 0 aromatic heterocycles. The average molecular weight is 412 g/mol. The summed E-state index contributed by atoms with van der Waals surface area (Å²) < 4.78 is 2.09. The van der Waals surface area contributed by atoms with Crippen LogP contribution in [-0.4, -0.2) is 0 Å². The first-order valence-electron chi connectivity index (χ1n) is 7.00. The summed E-state index contributed by atoms with van der Waals surface area (Å²) >= 11 is 7.05. The minimum Gasteiger partial charge on any atom is -0.271 e. The third-order valence-electron chi connectivity index (χ3n) is 3.57. The van der Waals surface area contributed by atoms with Gasteiger partial charge in [0.2, 0.25) is 0 Å². The molecule has 3 N–H and O–H groups in total. The van der Waals surface area contributed by atoms with Crippen LogP contribution >= 0.6 is 31.9 Å². The molecule has 0 saturated carbocycles. The highest BCUT2D eigenvalue weighted by Gasteiger charge is 2.12. The van der Waals surface area contributed by atoms with Crippen molar-refractivity contribution in [2.24, 2.45) is 5.84 Å². The normalized spacial score (nSPS) is 12.7. The number of hydrogen-bond donors (Lipinski definition) is 2. The van der Waals surface area contributed by atoms with Crippen LogP contribution in [0.3, 0.4) is 0 Å². The van der Waals surface area contributed by atoms with E-state index in [1.54, 1.807) is 0 Å². The third kappa shape index (κ3) is 4.65. The van der Waals surface area contributed by atoms with Gasteiger partial charge in [0.05, 0.1) is 6.04 Å². The lowest BCUT2D eigenvalue weighted by Gasteiger charge is -2.18. The number of nitrogens with two attached hydrogens (primary N) is 1. The fourth-order valence-corrected chi connectivity index (χ4v) is 3.65. The lowest BCUT2D eigenvalue weighted by molar-refractivity contribution is 0.551. The first kappa shape index (κ1) is 16.7. The zero-order valence-electron chi connectivity index (χ0n) is 12.2. The van der Waals surface area contributed by atoms with E-state index in [1.807, 2.05) is 6.07 Å². The summed E-state index contributed by atoms with van der Waals surface area (Å²) in [4.78, 5) is 0. The summed E-state index contributed by atoms with van der Waals surface area (Å²) in [5.41, 5.74) is 6.71. The van der Waals surface area contributed by atoms with Gasteiger partial charge in [0.1, 0.15) is 0 Å². The van der Waals surface area contributed by atoms with Gasteiger partial charge in [-0.05, 0) is 47.2 Å². The Hall–Kier alpha value is -0.680. The maximum Gasteiger partial charge on any atom is 0.0501 e. The topological polar surface area (TPSA) is 38.0 Å². The second-order valence-corrected chi connectivity index (χ2v) is 7.35. The van der Waals surface area contributed by atoms with Crippen molar-refractivity contribution in [3.05, 3.63) is 68.1 Å². The summed E-state index contributed by atoms with van der Waals surface area (Å²) in [6, 6.07) is 15.1. The van der Waals surface area contributed by atoms with Crippen molar-refractivity contribution in [3.8, 4) is 0 Å². The number of halogens is 2. The number of hydrazine groups is 1. The molecule has 2 nitrogen and oxygen atoms in total. The Morgan fingerprint density at radius 1 is 0.952 bits per heavy atom. The highest BCUT2D eigenvalue weighted by atomic mass is 79.9. The van der Waals surface area contributed by atoms with Gasteiger partial charge < -0.3 is 0 Å². The third-order valence-corrected chi connectivity index (χ3v) is 4.49. The molecule has 0 aliphatic rings. The second kappa shape index (κ2) is 7.54. The standard InChI is InChI=1S/C17H20Br2N2/c1-11(2)13-5-3-12(4-6-13)7-17(21-20)14-8-15(18)10-16(19)9-14/h3-6,8-11,17,21H,7,20H2,1-2H3. The van der Waals surface area contributed by atoms with Crippen molar-refractivity contribution >= 4 is 31.9 Å². The summed E-state index contributed by atoms with van der Waals surface area (Å²) in [5.74, 6) is 6.31. The molecule has 1 unspecified atom stereocenters. The Kier molecular flexibility index (Phi) is 5.99. The van der Waals surface area contributed by atoms with E-state index in [4.69, 9.17) is 5.84 Å². The molecule has 2 aromatic rings. The minimum atomic E-state index is 0.0868. The largest absolute Gasteiger partial charge is 0.271 e. The van der Waals surface area contributed by atoms with Crippen molar-refractivity contribution in [2.45, 2.75) is 32.2 Å². The lowest BCUT2D eigenvalue weighted by Crippen LogP contribution is -2.29. The highest BCUT2D eigenvalue weighted by Crippen LogP contribution is 2.26.